The molecule has 1 amide bonds. The van der Waals surface area contributed by atoms with Gasteiger partial charge in [0.2, 0.25) is 5.91 Å². The van der Waals surface area contributed by atoms with Crippen LogP contribution in [0.4, 0.5) is 0 Å². The van der Waals surface area contributed by atoms with E-state index in [4.69, 9.17) is 5.73 Å². The second-order valence-electron chi connectivity index (χ2n) is 6.46. The lowest BCUT2D eigenvalue weighted by molar-refractivity contribution is -0.123. The number of carbonyl (C=O) groups excluding carboxylic acids is 1. The van der Waals surface area contributed by atoms with Crippen LogP contribution in [-0.4, -0.2) is 29.9 Å². The first-order valence-electron chi connectivity index (χ1n) is 8.16. The summed E-state index contributed by atoms with van der Waals surface area (Å²) in [5.74, 6) is 0.130. The summed E-state index contributed by atoms with van der Waals surface area (Å²) in [6.07, 6.45) is 0.908. The van der Waals surface area contributed by atoms with Gasteiger partial charge in [0.05, 0.1) is 6.04 Å². The Bertz CT molecular complexity index is 473. The highest BCUT2D eigenvalue weighted by Crippen LogP contribution is 2.10. The third-order valence-electron chi connectivity index (χ3n) is 4.33. The molecule has 4 heteroatoms. The van der Waals surface area contributed by atoms with Gasteiger partial charge in [0, 0.05) is 19.1 Å². The van der Waals surface area contributed by atoms with Gasteiger partial charge in [-0.2, -0.15) is 0 Å². The standard InChI is InChI=1S/C18H31N3O/c1-6-14(4)17(19)18(22)20-11-15-8-7-9-16(10-15)12-21(5)13(2)3/h7-10,13-14,17H,6,11-12,19H2,1-5H3,(H,20,22). The molecule has 1 rings (SSSR count). The van der Waals surface area contributed by atoms with E-state index < -0.39 is 6.04 Å². The van der Waals surface area contributed by atoms with Crippen LogP contribution in [-0.2, 0) is 17.9 Å². The summed E-state index contributed by atoms with van der Waals surface area (Å²) in [5, 5.41) is 2.94. The molecule has 22 heavy (non-hydrogen) atoms. The van der Waals surface area contributed by atoms with E-state index in [1.165, 1.54) is 5.56 Å². The molecule has 3 N–H and O–H groups in total. The van der Waals surface area contributed by atoms with E-state index in [1.54, 1.807) is 0 Å². The van der Waals surface area contributed by atoms with Crippen molar-refractivity contribution in [2.75, 3.05) is 7.05 Å². The van der Waals surface area contributed by atoms with Gasteiger partial charge in [-0.1, -0.05) is 44.5 Å². The van der Waals surface area contributed by atoms with Crippen molar-refractivity contribution in [3.63, 3.8) is 0 Å². The minimum atomic E-state index is -0.430. The Balaban J connectivity index is 2.58. The van der Waals surface area contributed by atoms with E-state index in [1.807, 2.05) is 26.0 Å². The number of benzene rings is 1. The molecule has 0 saturated carbocycles. The van der Waals surface area contributed by atoms with Gasteiger partial charge >= 0.3 is 0 Å². The predicted octanol–water partition coefficient (Wildman–Crippen LogP) is 2.52. The molecule has 0 spiro atoms. The second-order valence-corrected chi connectivity index (χ2v) is 6.46. The minimum Gasteiger partial charge on any atom is -0.351 e. The lowest BCUT2D eigenvalue weighted by Gasteiger charge is -2.21. The van der Waals surface area contributed by atoms with Crippen LogP contribution in [0.2, 0.25) is 0 Å². The lowest BCUT2D eigenvalue weighted by Crippen LogP contribution is -2.44. The summed E-state index contributed by atoms with van der Waals surface area (Å²) in [6.45, 7) is 9.86. The summed E-state index contributed by atoms with van der Waals surface area (Å²) in [6, 6.07) is 8.42. The first-order chi connectivity index (χ1) is 10.3. The van der Waals surface area contributed by atoms with Gasteiger partial charge in [-0.3, -0.25) is 9.69 Å². The summed E-state index contributed by atoms with van der Waals surface area (Å²) in [4.78, 5) is 14.3. The van der Waals surface area contributed by atoms with Crippen LogP contribution in [0.3, 0.4) is 0 Å². The van der Waals surface area contributed by atoms with Gasteiger partial charge in [0.15, 0.2) is 0 Å². The fourth-order valence-corrected chi connectivity index (χ4v) is 2.13. The van der Waals surface area contributed by atoms with E-state index in [0.29, 0.717) is 12.6 Å². The number of nitrogens with two attached hydrogens (primary N) is 1. The summed E-state index contributed by atoms with van der Waals surface area (Å²) in [5.41, 5.74) is 8.31. The van der Waals surface area contributed by atoms with Crippen molar-refractivity contribution in [3.05, 3.63) is 35.4 Å². The van der Waals surface area contributed by atoms with Crippen molar-refractivity contribution >= 4 is 5.91 Å². The molecular formula is C18H31N3O. The van der Waals surface area contributed by atoms with E-state index in [2.05, 4.69) is 43.2 Å². The van der Waals surface area contributed by atoms with Gasteiger partial charge in [0.25, 0.3) is 0 Å². The molecule has 0 aliphatic heterocycles. The highest BCUT2D eigenvalue weighted by molar-refractivity contribution is 5.81. The molecule has 0 aliphatic rings. The number of nitrogens with zero attached hydrogens (tertiary/aromatic N) is 1. The highest BCUT2D eigenvalue weighted by atomic mass is 16.2. The smallest absolute Gasteiger partial charge is 0.237 e. The minimum absolute atomic E-state index is 0.0703. The quantitative estimate of drug-likeness (QED) is 0.776. The fourth-order valence-electron chi connectivity index (χ4n) is 2.13. The molecule has 0 bridgehead atoms. The molecule has 0 saturated heterocycles. The number of rotatable bonds is 8. The predicted molar refractivity (Wildman–Crippen MR) is 92.3 cm³/mol. The van der Waals surface area contributed by atoms with E-state index in [0.717, 1.165) is 18.5 Å². The van der Waals surface area contributed by atoms with Gasteiger partial charge in [-0.25, -0.2) is 0 Å². The van der Waals surface area contributed by atoms with E-state index in [9.17, 15) is 4.79 Å². The third kappa shape index (κ3) is 5.78. The largest absolute Gasteiger partial charge is 0.351 e. The van der Waals surface area contributed by atoms with Crippen LogP contribution in [0.25, 0.3) is 0 Å². The summed E-state index contributed by atoms with van der Waals surface area (Å²) in [7, 11) is 2.12. The molecule has 0 heterocycles. The molecule has 1 aromatic carbocycles. The zero-order valence-corrected chi connectivity index (χ0v) is 14.6. The first kappa shape index (κ1) is 18.7. The average molecular weight is 305 g/mol. The zero-order valence-electron chi connectivity index (χ0n) is 14.6. The Morgan fingerprint density at radius 3 is 2.50 bits per heavy atom. The van der Waals surface area contributed by atoms with Crippen molar-refractivity contribution in [1.29, 1.82) is 0 Å². The number of hydrogen-bond donors (Lipinski definition) is 2. The molecule has 4 nitrogen and oxygen atoms in total. The van der Waals surface area contributed by atoms with Gasteiger partial charge < -0.3 is 11.1 Å². The maximum absolute atomic E-state index is 12.0. The van der Waals surface area contributed by atoms with Crippen molar-refractivity contribution in [1.82, 2.24) is 10.2 Å². The van der Waals surface area contributed by atoms with Crippen LogP contribution < -0.4 is 11.1 Å². The van der Waals surface area contributed by atoms with Crippen molar-refractivity contribution in [2.24, 2.45) is 11.7 Å². The molecule has 0 aliphatic carbocycles. The molecule has 2 atom stereocenters. The Labute approximate surface area is 135 Å². The molecule has 0 aromatic heterocycles. The average Bonchev–Trinajstić information content (AvgIpc) is 2.51. The summed E-state index contributed by atoms with van der Waals surface area (Å²) >= 11 is 0. The van der Waals surface area contributed by atoms with Crippen molar-refractivity contribution in [3.8, 4) is 0 Å². The Morgan fingerprint density at radius 1 is 1.27 bits per heavy atom. The van der Waals surface area contributed by atoms with Crippen LogP contribution in [0.5, 0.6) is 0 Å². The topological polar surface area (TPSA) is 58.4 Å². The Kier molecular flexibility index (Phi) is 7.56. The number of hydrogen-bond acceptors (Lipinski definition) is 3. The fraction of sp³-hybridized carbons (Fsp3) is 0.611. The maximum Gasteiger partial charge on any atom is 0.237 e. The van der Waals surface area contributed by atoms with Crippen LogP contribution in [0.1, 0.15) is 45.2 Å². The zero-order chi connectivity index (χ0) is 16.7. The SMILES string of the molecule is CCC(C)C(N)C(=O)NCc1cccc(CN(C)C(C)C)c1. The van der Waals surface area contributed by atoms with Gasteiger partial charge in [0.1, 0.15) is 0 Å². The van der Waals surface area contributed by atoms with Crippen molar-refractivity contribution < 1.29 is 4.79 Å². The molecule has 2 unspecified atom stereocenters. The van der Waals surface area contributed by atoms with E-state index in [-0.39, 0.29) is 11.8 Å². The highest BCUT2D eigenvalue weighted by Gasteiger charge is 2.18. The summed E-state index contributed by atoms with van der Waals surface area (Å²) < 4.78 is 0. The van der Waals surface area contributed by atoms with Gasteiger partial charge in [-0.15, -0.1) is 0 Å². The Hall–Kier alpha value is -1.39. The lowest BCUT2D eigenvalue weighted by atomic mass is 9.99. The van der Waals surface area contributed by atoms with E-state index >= 15 is 0 Å². The molecule has 124 valence electrons. The van der Waals surface area contributed by atoms with Crippen LogP contribution in [0.15, 0.2) is 24.3 Å². The number of amides is 1. The molecule has 1 aromatic rings. The molecule has 0 fully saturated rings. The second kappa shape index (κ2) is 8.91. The first-order valence-corrected chi connectivity index (χ1v) is 8.16. The van der Waals surface area contributed by atoms with Crippen molar-refractivity contribution in [2.45, 2.75) is 59.3 Å². The third-order valence-corrected chi connectivity index (χ3v) is 4.33. The van der Waals surface area contributed by atoms with Crippen LogP contribution >= 0.6 is 0 Å². The monoisotopic (exact) mass is 305 g/mol. The molecule has 0 radical (unpaired) electrons. The normalized spacial score (nSPS) is 14.2. The van der Waals surface area contributed by atoms with Gasteiger partial charge in [-0.05, 0) is 37.9 Å². The maximum atomic E-state index is 12.0. The Morgan fingerprint density at radius 2 is 1.91 bits per heavy atom. The number of nitrogens with one attached hydrogen (secondary N) is 1. The van der Waals surface area contributed by atoms with Crippen LogP contribution in [0, 0.1) is 5.92 Å². The molecular weight excluding hydrogens is 274 g/mol. The number of carbonyl (C=O) groups is 1.